The van der Waals surface area contributed by atoms with Crippen LogP contribution in [0.25, 0.3) is 10.9 Å². The summed E-state index contributed by atoms with van der Waals surface area (Å²) in [4.78, 5) is 7.01. The number of nitrogens with one attached hydrogen (secondary N) is 2. The molecule has 7 heteroatoms. The van der Waals surface area contributed by atoms with Gasteiger partial charge in [0.15, 0.2) is 11.5 Å². The second-order valence-corrected chi connectivity index (χ2v) is 9.28. The molecule has 1 saturated carbocycles. The summed E-state index contributed by atoms with van der Waals surface area (Å²) in [5.74, 6) is 2.52. The van der Waals surface area contributed by atoms with Crippen molar-refractivity contribution in [3.63, 3.8) is 0 Å². The van der Waals surface area contributed by atoms with Crippen molar-refractivity contribution < 1.29 is 14.6 Å². The normalized spacial score (nSPS) is 18.0. The molecule has 7 nitrogen and oxygen atoms in total. The van der Waals surface area contributed by atoms with Crippen molar-refractivity contribution in [1.82, 2.24) is 10.3 Å². The summed E-state index contributed by atoms with van der Waals surface area (Å²) in [6, 6.07) is 14.6. The topological polar surface area (TPSA) is 78.9 Å². The molecule has 1 aliphatic rings. The summed E-state index contributed by atoms with van der Waals surface area (Å²) in [6.07, 6.45) is 4.64. The summed E-state index contributed by atoms with van der Waals surface area (Å²) < 4.78 is 10.5. The van der Waals surface area contributed by atoms with E-state index >= 15 is 0 Å². The molecule has 0 saturated heterocycles. The largest absolute Gasteiger partial charge is 0.502 e. The van der Waals surface area contributed by atoms with E-state index in [1.54, 1.807) is 14.2 Å². The van der Waals surface area contributed by atoms with Crippen LogP contribution in [0.5, 0.6) is 17.2 Å². The van der Waals surface area contributed by atoms with Gasteiger partial charge in [-0.05, 0) is 61.9 Å². The van der Waals surface area contributed by atoms with Crippen molar-refractivity contribution in [3.05, 3.63) is 48.0 Å². The number of fused-ring (bicyclic) bond motifs is 1. The molecule has 0 amide bonds. The molecule has 34 heavy (non-hydrogen) atoms. The zero-order valence-corrected chi connectivity index (χ0v) is 20.6. The van der Waals surface area contributed by atoms with Crippen LogP contribution in [0.15, 0.2) is 42.5 Å². The van der Waals surface area contributed by atoms with Crippen molar-refractivity contribution in [2.75, 3.05) is 45.1 Å². The van der Waals surface area contributed by atoms with Gasteiger partial charge in [0.2, 0.25) is 5.75 Å². The van der Waals surface area contributed by atoms with Gasteiger partial charge in [0.1, 0.15) is 5.82 Å². The lowest BCUT2D eigenvalue weighted by molar-refractivity contribution is 0.323. The number of rotatable bonds is 9. The summed E-state index contributed by atoms with van der Waals surface area (Å²) >= 11 is 0. The van der Waals surface area contributed by atoms with Gasteiger partial charge in [-0.2, -0.15) is 0 Å². The lowest BCUT2D eigenvalue weighted by Crippen LogP contribution is -2.31. The fraction of sp³-hybridized carbons (Fsp3) is 0.444. The summed E-state index contributed by atoms with van der Waals surface area (Å²) in [5.41, 5.74) is 3.24. The van der Waals surface area contributed by atoms with E-state index in [1.165, 1.54) is 23.9 Å². The molecule has 1 fully saturated rings. The van der Waals surface area contributed by atoms with Gasteiger partial charge in [0, 0.05) is 43.8 Å². The second-order valence-electron chi connectivity index (χ2n) is 9.28. The minimum absolute atomic E-state index is 0.0400. The minimum Gasteiger partial charge on any atom is -0.502 e. The van der Waals surface area contributed by atoms with Crippen molar-refractivity contribution >= 4 is 22.4 Å². The predicted molar refractivity (Wildman–Crippen MR) is 138 cm³/mol. The molecule has 3 N–H and O–H groups in total. The fourth-order valence-corrected chi connectivity index (χ4v) is 4.79. The van der Waals surface area contributed by atoms with E-state index in [4.69, 9.17) is 14.5 Å². The first-order valence-corrected chi connectivity index (χ1v) is 12.0. The van der Waals surface area contributed by atoms with Gasteiger partial charge in [0.25, 0.3) is 0 Å². The Morgan fingerprint density at radius 1 is 1.00 bits per heavy atom. The second kappa shape index (κ2) is 10.8. The number of phenols is 1. The van der Waals surface area contributed by atoms with Gasteiger partial charge in [-0.25, -0.2) is 4.98 Å². The maximum Gasteiger partial charge on any atom is 0.200 e. The number of methoxy groups -OCH3 is 2. The minimum atomic E-state index is 0.0400. The van der Waals surface area contributed by atoms with Crippen molar-refractivity contribution in [2.45, 2.75) is 38.3 Å². The average Bonchev–Trinajstić information content (AvgIpc) is 2.85. The quantitative estimate of drug-likeness (QED) is 0.420. The zero-order valence-electron chi connectivity index (χ0n) is 20.6. The van der Waals surface area contributed by atoms with E-state index in [1.807, 2.05) is 18.2 Å². The number of para-hydroxylation sites is 1. The van der Waals surface area contributed by atoms with Crippen molar-refractivity contribution in [3.8, 4) is 17.2 Å². The molecule has 0 bridgehead atoms. The summed E-state index contributed by atoms with van der Waals surface area (Å²) in [7, 11) is 7.25. The van der Waals surface area contributed by atoms with E-state index < -0.39 is 0 Å². The Balaban J connectivity index is 1.29. The molecule has 182 valence electrons. The molecular formula is C27H36N4O3. The van der Waals surface area contributed by atoms with Crippen LogP contribution >= 0.6 is 0 Å². The van der Waals surface area contributed by atoms with Crippen LogP contribution in [0.4, 0.5) is 11.5 Å². The van der Waals surface area contributed by atoms with E-state index in [-0.39, 0.29) is 5.75 Å². The predicted octanol–water partition coefficient (Wildman–Crippen LogP) is 4.78. The SMILES string of the molecule is COc1cc(CNC[C@H]2CC[C@@H](Nc3cc(N(C)C)c4ccccc4n3)CC2)cc(OC)c1O. The monoisotopic (exact) mass is 464 g/mol. The third-order valence-corrected chi connectivity index (χ3v) is 6.68. The standard InChI is InChI=1S/C27H36N4O3/c1-31(2)23-15-26(30-22-8-6-5-7-21(22)23)29-20-11-9-18(10-12-20)16-28-17-19-13-24(33-3)27(32)25(14-19)34-4/h5-8,13-15,18,20,28,32H,9-12,16-17H2,1-4H3,(H,29,30)/t18-,20+. The first kappa shape index (κ1) is 24.0. The van der Waals surface area contributed by atoms with Crippen molar-refractivity contribution in [1.29, 1.82) is 0 Å². The fourth-order valence-electron chi connectivity index (χ4n) is 4.79. The van der Waals surface area contributed by atoms with Gasteiger partial charge in [-0.3, -0.25) is 0 Å². The maximum absolute atomic E-state index is 10.1. The first-order valence-electron chi connectivity index (χ1n) is 12.0. The Hall–Kier alpha value is -3.19. The van der Waals surface area contributed by atoms with Gasteiger partial charge in [-0.15, -0.1) is 0 Å². The molecule has 1 heterocycles. The third kappa shape index (κ3) is 5.47. The number of hydrogen-bond acceptors (Lipinski definition) is 7. The molecule has 3 aromatic rings. The highest BCUT2D eigenvalue weighted by atomic mass is 16.5. The number of ether oxygens (including phenoxy) is 2. The van der Waals surface area contributed by atoms with Gasteiger partial charge < -0.3 is 30.1 Å². The van der Waals surface area contributed by atoms with Gasteiger partial charge >= 0.3 is 0 Å². The van der Waals surface area contributed by atoms with E-state index in [9.17, 15) is 5.11 Å². The summed E-state index contributed by atoms with van der Waals surface area (Å²) in [6.45, 7) is 1.68. The zero-order chi connectivity index (χ0) is 24.1. The average molecular weight is 465 g/mol. The number of nitrogens with zero attached hydrogens (tertiary/aromatic N) is 2. The number of aromatic nitrogens is 1. The van der Waals surface area contributed by atoms with Crippen molar-refractivity contribution in [2.24, 2.45) is 5.92 Å². The summed E-state index contributed by atoms with van der Waals surface area (Å²) in [5, 5.41) is 18.5. The third-order valence-electron chi connectivity index (χ3n) is 6.68. The number of hydrogen-bond donors (Lipinski definition) is 3. The molecule has 0 aliphatic heterocycles. The molecule has 0 atom stereocenters. The first-order chi connectivity index (χ1) is 16.5. The molecule has 1 aliphatic carbocycles. The van der Waals surface area contributed by atoms with Gasteiger partial charge in [0.05, 0.1) is 19.7 Å². The van der Waals surface area contributed by atoms with Crippen LogP contribution in [0, 0.1) is 5.92 Å². The van der Waals surface area contributed by atoms with Crippen LogP contribution in [-0.4, -0.2) is 51.0 Å². The lowest BCUT2D eigenvalue weighted by atomic mass is 9.86. The number of benzene rings is 2. The molecule has 0 radical (unpaired) electrons. The maximum atomic E-state index is 10.1. The molecule has 2 aromatic carbocycles. The Morgan fingerprint density at radius 2 is 1.68 bits per heavy atom. The van der Waals surface area contributed by atoms with Gasteiger partial charge in [-0.1, -0.05) is 18.2 Å². The van der Waals surface area contributed by atoms with E-state index in [0.717, 1.165) is 36.3 Å². The van der Waals surface area contributed by atoms with Crippen LogP contribution in [-0.2, 0) is 6.54 Å². The number of pyridine rings is 1. The highest BCUT2D eigenvalue weighted by molar-refractivity contribution is 5.93. The molecule has 0 spiro atoms. The van der Waals surface area contributed by atoms with E-state index in [0.29, 0.717) is 30.0 Å². The highest BCUT2D eigenvalue weighted by Crippen LogP contribution is 2.37. The van der Waals surface area contributed by atoms with E-state index in [2.05, 4.69) is 53.9 Å². The molecule has 1 aromatic heterocycles. The van der Waals surface area contributed by atoms with Crippen LogP contribution in [0.2, 0.25) is 0 Å². The Bertz CT molecular complexity index is 1090. The number of aromatic hydroxyl groups is 1. The molecular weight excluding hydrogens is 428 g/mol. The Labute approximate surface area is 202 Å². The highest BCUT2D eigenvalue weighted by Gasteiger charge is 2.22. The van der Waals surface area contributed by atoms with Crippen LogP contribution in [0.1, 0.15) is 31.2 Å². The Morgan fingerprint density at radius 3 is 2.32 bits per heavy atom. The van der Waals surface area contributed by atoms with Crippen LogP contribution in [0.3, 0.4) is 0 Å². The molecule has 4 rings (SSSR count). The smallest absolute Gasteiger partial charge is 0.200 e. The number of phenolic OH excluding ortho intramolecular Hbond substituents is 1. The number of anilines is 2. The molecule has 0 unspecified atom stereocenters. The lowest BCUT2D eigenvalue weighted by Gasteiger charge is -2.30. The Kier molecular flexibility index (Phi) is 7.63. The van der Waals surface area contributed by atoms with Crippen LogP contribution < -0.4 is 25.0 Å².